The van der Waals surface area contributed by atoms with Gasteiger partial charge in [-0.15, -0.1) is 0 Å². The highest BCUT2D eigenvalue weighted by Crippen LogP contribution is 2.30. The van der Waals surface area contributed by atoms with E-state index in [1.165, 1.54) is 43.5 Å². The molecule has 0 saturated heterocycles. The average molecular weight is 270 g/mol. The SMILES string of the molecule is O=C(O)c1ccc(SCC(O)CC2CCCC2)o1. The molecule has 2 N–H and O–H groups in total. The van der Waals surface area contributed by atoms with Crippen molar-refractivity contribution in [3.8, 4) is 0 Å². The Morgan fingerprint density at radius 2 is 2.17 bits per heavy atom. The molecule has 18 heavy (non-hydrogen) atoms. The number of thioether (sulfide) groups is 1. The predicted molar refractivity (Wildman–Crippen MR) is 69.0 cm³/mol. The smallest absolute Gasteiger partial charge is 0.371 e. The van der Waals surface area contributed by atoms with Crippen molar-refractivity contribution in [2.24, 2.45) is 5.92 Å². The Bertz CT molecular complexity index is 395. The molecule has 0 radical (unpaired) electrons. The van der Waals surface area contributed by atoms with Crippen LogP contribution in [0.2, 0.25) is 0 Å². The lowest BCUT2D eigenvalue weighted by atomic mass is 10.0. The minimum absolute atomic E-state index is 0.0530. The number of aliphatic hydroxyl groups is 1. The quantitative estimate of drug-likeness (QED) is 0.777. The first-order valence-electron chi connectivity index (χ1n) is 6.29. The minimum Gasteiger partial charge on any atom is -0.475 e. The van der Waals surface area contributed by atoms with Crippen LogP contribution in [0.3, 0.4) is 0 Å². The van der Waals surface area contributed by atoms with Crippen LogP contribution in [0.5, 0.6) is 0 Å². The summed E-state index contributed by atoms with van der Waals surface area (Å²) in [6.07, 6.45) is 5.53. The van der Waals surface area contributed by atoms with E-state index in [0.29, 0.717) is 16.8 Å². The van der Waals surface area contributed by atoms with Crippen LogP contribution in [-0.4, -0.2) is 28.0 Å². The summed E-state index contributed by atoms with van der Waals surface area (Å²) in [7, 11) is 0. The van der Waals surface area contributed by atoms with Gasteiger partial charge in [0.15, 0.2) is 5.09 Å². The fourth-order valence-corrected chi connectivity index (χ4v) is 3.20. The molecule has 1 aliphatic carbocycles. The number of aromatic carboxylic acids is 1. The van der Waals surface area contributed by atoms with Crippen molar-refractivity contribution in [3.63, 3.8) is 0 Å². The van der Waals surface area contributed by atoms with E-state index in [9.17, 15) is 9.90 Å². The van der Waals surface area contributed by atoms with Crippen LogP contribution in [0.1, 0.15) is 42.7 Å². The van der Waals surface area contributed by atoms with Crippen LogP contribution in [0.15, 0.2) is 21.6 Å². The van der Waals surface area contributed by atoms with Crippen LogP contribution in [0.4, 0.5) is 0 Å². The van der Waals surface area contributed by atoms with Crippen LogP contribution in [-0.2, 0) is 0 Å². The molecule has 100 valence electrons. The monoisotopic (exact) mass is 270 g/mol. The highest BCUT2D eigenvalue weighted by molar-refractivity contribution is 7.99. The summed E-state index contributed by atoms with van der Waals surface area (Å²) >= 11 is 1.37. The van der Waals surface area contributed by atoms with E-state index < -0.39 is 5.97 Å². The molecule has 5 heteroatoms. The van der Waals surface area contributed by atoms with Gasteiger partial charge in [0.2, 0.25) is 5.76 Å². The fraction of sp³-hybridized carbons (Fsp3) is 0.615. The van der Waals surface area contributed by atoms with Gasteiger partial charge in [-0.25, -0.2) is 4.79 Å². The van der Waals surface area contributed by atoms with Gasteiger partial charge in [-0.1, -0.05) is 37.4 Å². The number of hydrogen-bond donors (Lipinski definition) is 2. The van der Waals surface area contributed by atoms with Crippen molar-refractivity contribution in [1.82, 2.24) is 0 Å². The Morgan fingerprint density at radius 1 is 1.44 bits per heavy atom. The molecular weight excluding hydrogens is 252 g/mol. The summed E-state index contributed by atoms with van der Waals surface area (Å²) in [5.41, 5.74) is 0. The zero-order valence-corrected chi connectivity index (χ0v) is 11.0. The zero-order valence-electron chi connectivity index (χ0n) is 10.2. The standard InChI is InChI=1S/C13H18O4S/c14-10(7-9-3-1-2-4-9)8-18-12-6-5-11(17-12)13(15)16/h5-6,9-10,14H,1-4,7-8H2,(H,15,16). The molecule has 2 rings (SSSR count). The van der Waals surface area contributed by atoms with E-state index in [0.717, 1.165) is 6.42 Å². The molecule has 1 aromatic heterocycles. The summed E-state index contributed by atoms with van der Waals surface area (Å²) in [4.78, 5) is 10.6. The van der Waals surface area contributed by atoms with Gasteiger partial charge < -0.3 is 14.6 Å². The van der Waals surface area contributed by atoms with E-state index in [1.807, 2.05) is 0 Å². The molecular formula is C13H18O4S. The van der Waals surface area contributed by atoms with E-state index in [2.05, 4.69) is 0 Å². The van der Waals surface area contributed by atoms with Crippen LogP contribution < -0.4 is 0 Å². The van der Waals surface area contributed by atoms with E-state index >= 15 is 0 Å². The van der Waals surface area contributed by atoms with E-state index in [1.54, 1.807) is 6.07 Å². The second-order valence-corrected chi connectivity index (χ2v) is 5.80. The van der Waals surface area contributed by atoms with Crippen LogP contribution >= 0.6 is 11.8 Å². The van der Waals surface area contributed by atoms with Gasteiger partial charge in [0.05, 0.1) is 6.10 Å². The summed E-state index contributed by atoms with van der Waals surface area (Å²) in [5, 5.41) is 19.2. The summed E-state index contributed by atoms with van der Waals surface area (Å²) in [6.45, 7) is 0. The van der Waals surface area contributed by atoms with Crippen LogP contribution in [0.25, 0.3) is 0 Å². The summed E-state index contributed by atoms with van der Waals surface area (Å²) < 4.78 is 5.12. The third kappa shape index (κ3) is 3.78. The molecule has 1 fully saturated rings. The molecule has 0 bridgehead atoms. The Labute approximate surface area is 110 Å². The van der Waals surface area contributed by atoms with Gasteiger partial charge in [0.1, 0.15) is 0 Å². The van der Waals surface area contributed by atoms with E-state index in [-0.39, 0.29) is 11.9 Å². The van der Waals surface area contributed by atoms with Crippen molar-refractivity contribution in [2.75, 3.05) is 5.75 Å². The number of rotatable bonds is 6. The summed E-state index contributed by atoms with van der Waals surface area (Å²) in [5.74, 6) is 0.103. The average Bonchev–Trinajstić information content (AvgIpc) is 2.96. The number of furan rings is 1. The van der Waals surface area contributed by atoms with Gasteiger partial charge >= 0.3 is 5.97 Å². The normalized spacial score (nSPS) is 18.1. The highest BCUT2D eigenvalue weighted by Gasteiger charge is 2.19. The lowest BCUT2D eigenvalue weighted by Crippen LogP contribution is -2.14. The maximum Gasteiger partial charge on any atom is 0.371 e. The lowest BCUT2D eigenvalue weighted by molar-refractivity contribution is 0.0656. The highest BCUT2D eigenvalue weighted by atomic mass is 32.2. The third-order valence-corrected chi connectivity index (χ3v) is 4.35. The molecule has 0 spiro atoms. The Balaban J connectivity index is 1.74. The summed E-state index contributed by atoms with van der Waals surface area (Å²) in [6, 6.07) is 3.07. The molecule has 1 heterocycles. The Morgan fingerprint density at radius 3 is 2.78 bits per heavy atom. The van der Waals surface area contributed by atoms with Gasteiger partial charge in [-0.2, -0.15) is 0 Å². The van der Waals surface area contributed by atoms with Gasteiger partial charge in [-0.05, 0) is 24.5 Å². The van der Waals surface area contributed by atoms with Crippen molar-refractivity contribution in [2.45, 2.75) is 43.3 Å². The topological polar surface area (TPSA) is 70.7 Å². The second-order valence-electron chi connectivity index (χ2n) is 4.77. The lowest BCUT2D eigenvalue weighted by Gasteiger charge is -2.14. The molecule has 0 amide bonds. The maximum atomic E-state index is 10.6. The maximum absolute atomic E-state index is 10.6. The number of carbonyl (C=O) groups is 1. The number of aliphatic hydroxyl groups excluding tert-OH is 1. The third-order valence-electron chi connectivity index (χ3n) is 3.29. The molecule has 0 aromatic carbocycles. The van der Waals surface area contributed by atoms with Gasteiger partial charge in [0, 0.05) is 5.75 Å². The molecule has 1 unspecified atom stereocenters. The Kier molecular flexibility index (Phi) is 4.72. The zero-order chi connectivity index (χ0) is 13.0. The first kappa shape index (κ1) is 13.5. The minimum atomic E-state index is -1.06. The Hall–Kier alpha value is -0.940. The van der Waals surface area contributed by atoms with Gasteiger partial charge in [0.25, 0.3) is 0 Å². The number of carboxylic acids is 1. The van der Waals surface area contributed by atoms with Crippen molar-refractivity contribution in [1.29, 1.82) is 0 Å². The predicted octanol–water partition coefficient (Wildman–Crippen LogP) is 3.01. The van der Waals surface area contributed by atoms with Crippen molar-refractivity contribution in [3.05, 3.63) is 17.9 Å². The second kappa shape index (κ2) is 6.29. The molecule has 4 nitrogen and oxygen atoms in total. The molecule has 0 aliphatic heterocycles. The van der Waals surface area contributed by atoms with E-state index in [4.69, 9.17) is 9.52 Å². The molecule has 1 saturated carbocycles. The fourth-order valence-electron chi connectivity index (χ4n) is 2.39. The van der Waals surface area contributed by atoms with Crippen molar-refractivity contribution < 1.29 is 19.4 Å². The number of carboxylic acid groups (broad SMARTS) is 1. The first-order chi connectivity index (χ1) is 8.65. The molecule has 1 aromatic rings. The molecule has 1 atom stereocenters. The first-order valence-corrected chi connectivity index (χ1v) is 7.27. The van der Waals surface area contributed by atoms with Crippen molar-refractivity contribution >= 4 is 17.7 Å². The largest absolute Gasteiger partial charge is 0.475 e. The van der Waals surface area contributed by atoms with Gasteiger partial charge in [-0.3, -0.25) is 0 Å². The molecule has 1 aliphatic rings. The van der Waals surface area contributed by atoms with Crippen LogP contribution in [0, 0.1) is 5.92 Å². The number of hydrogen-bond acceptors (Lipinski definition) is 4.